The SMILES string of the molecule is CCC(C)OC(=O)c1c(NC(=O)Cn2cc(Cl)c(C)n2)sc2c1CCCC2. The summed E-state index contributed by atoms with van der Waals surface area (Å²) in [5.74, 6) is -0.595. The molecule has 0 fully saturated rings. The maximum absolute atomic E-state index is 12.8. The highest BCUT2D eigenvalue weighted by atomic mass is 35.5. The second-order valence-corrected chi connectivity index (χ2v) is 8.36. The van der Waals surface area contributed by atoms with Gasteiger partial charge in [-0.25, -0.2) is 4.79 Å². The normalized spacial score (nSPS) is 14.5. The highest BCUT2D eigenvalue weighted by Gasteiger charge is 2.28. The molecule has 1 aliphatic rings. The zero-order valence-corrected chi connectivity index (χ0v) is 17.4. The van der Waals surface area contributed by atoms with Crippen LogP contribution in [-0.4, -0.2) is 27.8 Å². The molecule has 3 rings (SSSR count). The fourth-order valence-electron chi connectivity index (χ4n) is 3.08. The van der Waals surface area contributed by atoms with E-state index in [1.54, 1.807) is 13.1 Å². The van der Waals surface area contributed by atoms with Gasteiger partial charge in [0.2, 0.25) is 5.91 Å². The van der Waals surface area contributed by atoms with Crippen molar-refractivity contribution >= 4 is 39.8 Å². The number of nitrogens with one attached hydrogen (secondary N) is 1. The first kappa shape index (κ1) is 19.9. The van der Waals surface area contributed by atoms with E-state index in [9.17, 15) is 9.59 Å². The molecule has 146 valence electrons. The molecular weight excluding hydrogens is 386 g/mol. The maximum atomic E-state index is 12.8. The first-order valence-electron chi connectivity index (χ1n) is 9.24. The standard InChI is InChI=1S/C19H24ClN3O3S/c1-4-11(2)26-19(25)17-13-7-5-6-8-15(13)27-18(17)21-16(24)10-23-9-14(20)12(3)22-23/h9,11H,4-8,10H2,1-3H3,(H,21,24). The molecule has 0 spiro atoms. The van der Waals surface area contributed by atoms with Gasteiger partial charge in [-0.3, -0.25) is 9.48 Å². The topological polar surface area (TPSA) is 73.2 Å². The summed E-state index contributed by atoms with van der Waals surface area (Å²) in [6.45, 7) is 5.67. The van der Waals surface area contributed by atoms with Crippen LogP contribution in [0.2, 0.25) is 5.02 Å². The summed E-state index contributed by atoms with van der Waals surface area (Å²) in [7, 11) is 0. The van der Waals surface area contributed by atoms with Crippen molar-refractivity contribution < 1.29 is 14.3 Å². The minimum atomic E-state index is -0.350. The average Bonchev–Trinajstić information content (AvgIpc) is 3.13. The number of rotatable bonds is 6. The van der Waals surface area contributed by atoms with E-state index in [4.69, 9.17) is 16.3 Å². The number of ether oxygens (including phenoxy) is 1. The van der Waals surface area contributed by atoms with Gasteiger partial charge in [0.05, 0.1) is 22.4 Å². The van der Waals surface area contributed by atoms with E-state index in [0.717, 1.165) is 37.7 Å². The van der Waals surface area contributed by atoms with Gasteiger partial charge in [-0.05, 0) is 51.5 Å². The van der Waals surface area contributed by atoms with E-state index < -0.39 is 0 Å². The molecule has 1 N–H and O–H groups in total. The van der Waals surface area contributed by atoms with Crippen LogP contribution in [0.3, 0.4) is 0 Å². The first-order chi connectivity index (χ1) is 12.9. The number of amides is 1. The Bertz CT molecular complexity index is 839. The lowest BCUT2D eigenvalue weighted by Gasteiger charge is -2.15. The number of hydrogen-bond donors (Lipinski definition) is 1. The van der Waals surface area contributed by atoms with Gasteiger partial charge in [0.15, 0.2) is 0 Å². The summed E-state index contributed by atoms with van der Waals surface area (Å²) < 4.78 is 7.05. The molecule has 0 saturated heterocycles. The van der Waals surface area contributed by atoms with Crippen LogP contribution >= 0.6 is 22.9 Å². The Balaban J connectivity index is 1.82. The van der Waals surface area contributed by atoms with E-state index >= 15 is 0 Å². The quantitative estimate of drug-likeness (QED) is 0.718. The van der Waals surface area contributed by atoms with Gasteiger partial charge in [-0.15, -0.1) is 11.3 Å². The van der Waals surface area contributed by atoms with Crippen molar-refractivity contribution in [1.29, 1.82) is 0 Å². The number of hydrogen-bond acceptors (Lipinski definition) is 5. The molecule has 2 heterocycles. The van der Waals surface area contributed by atoms with Gasteiger partial charge >= 0.3 is 5.97 Å². The van der Waals surface area contributed by atoms with Crippen LogP contribution in [0.15, 0.2) is 6.20 Å². The number of thiophene rings is 1. The van der Waals surface area contributed by atoms with Gasteiger partial charge in [0.25, 0.3) is 0 Å². The third-order valence-electron chi connectivity index (χ3n) is 4.70. The van der Waals surface area contributed by atoms with Crippen molar-refractivity contribution in [3.8, 4) is 0 Å². The van der Waals surface area contributed by atoms with Crippen molar-refractivity contribution in [1.82, 2.24) is 9.78 Å². The van der Waals surface area contributed by atoms with Crippen molar-refractivity contribution in [3.05, 3.63) is 32.9 Å². The van der Waals surface area contributed by atoms with Crippen LogP contribution in [0, 0.1) is 6.92 Å². The lowest BCUT2D eigenvalue weighted by Crippen LogP contribution is -2.21. The van der Waals surface area contributed by atoms with E-state index in [1.807, 2.05) is 13.8 Å². The lowest BCUT2D eigenvalue weighted by molar-refractivity contribution is -0.116. The largest absolute Gasteiger partial charge is 0.459 e. The second-order valence-electron chi connectivity index (χ2n) is 6.85. The van der Waals surface area contributed by atoms with Crippen LogP contribution in [0.4, 0.5) is 5.00 Å². The monoisotopic (exact) mass is 409 g/mol. The highest BCUT2D eigenvalue weighted by molar-refractivity contribution is 7.17. The zero-order valence-electron chi connectivity index (χ0n) is 15.8. The summed E-state index contributed by atoms with van der Waals surface area (Å²) >= 11 is 7.48. The number of carbonyl (C=O) groups is 2. The number of aryl methyl sites for hydroxylation is 2. The van der Waals surface area contributed by atoms with Crippen molar-refractivity contribution in [2.75, 3.05) is 5.32 Å². The summed E-state index contributed by atoms with van der Waals surface area (Å²) in [5.41, 5.74) is 2.24. The molecule has 1 unspecified atom stereocenters. The summed E-state index contributed by atoms with van der Waals surface area (Å²) in [6, 6.07) is 0. The van der Waals surface area contributed by atoms with Gasteiger partial charge < -0.3 is 10.1 Å². The Hall–Kier alpha value is -1.86. The Labute approximate surface area is 167 Å². The molecule has 0 bridgehead atoms. The average molecular weight is 410 g/mol. The van der Waals surface area contributed by atoms with Crippen molar-refractivity contribution in [2.45, 2.75) is 65.5 Å². The molecule has 2 aromatic heterocycles. The molecule has 27 heavy (non-hydrogen) atoms. The molecule has 0 aliphatic heterocycles. The second kappa shape index (κ2) is 8.44. The molecule has 8 heteroatoms. The molecule has 0 aromatic carbocycles. The Morgan fingerprint density at radius 1 is 1.41 bits per heavy atom. The molecule has 1 aliphatic carbocycles. The molecule has 1 amide bonds. The van der Waals surface area contributed by atoms with E-state index in [2.05, 4.69) is 10.4 Å². The van der Waals surface area contributed by atoms with Gasteiger partial charge in [-0.2, -0.15) is 5.10 Å². The highest BCUT2D eigenvalue weighted by Crippen LogP contribution is 2.38. The van der Waals surface area contributed by atoms with E-state index in [1.165, 1.54) is 20.9 Å². The molecule has 0 radical (unpaired) electrons. The number of carbonyl (C=O) groups excluding carboxylic acids is 2. The zero-order chi connectivity index (χ0) is 19.6. The minimum Gasteiger partial charge on any atom is -0.459 e. The third kappa shape index (κ3) is 4.52. The number of halogens is 1. The molecule has 2 aromatic rings. The van der Waals surface area contributed by atoms with Crippen LogP contribution in [0.25, 0.3) is 0 Å². The van der Waals surface area contributed by atoms with Crippen LogP contribution in [-0.2, 0) is 28.9 Å². The van der Waals surface area contributed by atoms with Crippen molar-refractivity contribution in [3.63, 3.8) is 0 Å². The number of fused-ring (bicyclic) bond motifs is 1. The van der Waals surface area contributed by atoms with Gasteiger partial charge in [0, 0.05) is 11.1 Å². The molecular formula is C19H24ClN3O3S. The Kier molecular flexibility index (Phi) is 6.22. The summed E-state index contributed by atoms with van der Waals surface area (Å²) in [4.78, 5) is 26.4. The predicted octanol–water partition coefficient (Wildman–Crippen LogP) is 4.38. The van der Waals surface area contributed by atoms with E-state index in [0.29, 0.717) is 21.3 Å². The fourth-order valence-corrected chi connectivity index (χ4v) is 4.53. The van der Waals surface area contributed by atoms with Crippen molar-refractivity contribution in [2.24, 2.45) is 0 Å². The fraction of sp³-hybridized carbons (Fsp3) is 0.526. The molecule has 0 saturated carbocycles. The Morgan fingerprint density at radius 3 is 2.81 bits per heavy atom. The number of nitrogens with zero attached hydrogens (tertiary/aromatic N) is 2. The molecule has 1 atom stereocenters. The minimum absolute atomic E-state index is 0.0377. The maximum Gasteiger partial charge on any atom is 0.341 e. The first-order valence-corrected chi connectivity index (χ1v) is 10.4. The number of esters is 1. The van der Waals surface area contributed by atoms with Crippen LogP contribution in [0.5, 0.6) is 0 Å². The number of aromatic nitrogens is 2. The third-order valence-corrected chi connectivity index (χ3v) is 6.28. The van der Waals surface area contributed by atoms with Crippen LogP contribution < -0.4 is 5.32 Å². The van der Waals surface area contributed by atoms with Crippen LogP contribution in [0.1, 0.15) is 59.6 Å². The lowest BCUT2D eigenvalue weighted by atomic mass is 9.95. The van der Waals surface area contributed by atoms with E-state index in [-0.39, 0.29) is 24.5 Å². The smallest absolute Gasteiger partial charge is 0.341 e. The molecule has 6 nitrogen and oxygen atoms in total. The number of anilines is 1. The summed E-state index contributed by atoms with van der Waals surface area (Å²) in [5, 5.41) is 8.19. The predicted molar refractivity (Wildman–Crippen MR) is 107 cm³/mol. The van der Waals surface area contributed by atoms with Gasteiger partial charge in [0.1, 0.15) is 11.5 Å². The van der Waals surface area contributed by atoms with Gasteiger partial charge in [-0.1, -0.05) is 18.5 Å². The summed E-state index contributed by atoms with van der Waals surface area (Å²) in [6.07, 6.45) is 6.15. The Morgan fingerprint density at radius 2 is 2.15 bits per heavy atom.